The number of ether oxygens (including phenoxy) is 1. The second-order valence-corrected chi connectivity index (χ2v) is 13.0. The molecule has 0 unspecified atom stereocenters. The van der Waals surface area contributed by atoms with Crippen LogP contribution in [0.1, 0.15) is 32.8 Å². The van der Waals surface area contributed by atoms with Crippen molar-refractivity contribution < 1.29 is 18.7 Å². The highest BCUT2D eigenvalue weighted by molar-refractivity contribution is 6.74. The summed E-state index contributed by atoms with van der Waals surface area (Å²) < 4.78 is 26.2. The minimum Gasteiger partial charge on any atom is -0.506 e. The van der Waals surface area contributed by atoms with Crippen molar-refractivity contribution in [2.45, 2.75) is 51.9 Å². The molecule has 1 heterocycles. The molecule has 5 nitrogen and oxygen atoms in total. The molecule has 0 fully saturated rings. The Balaban J connectivity index is 1.85. The lowest BCUT2D eigenvalue weighted by Gasteiger charge is -2.36. The summed E-state index contributed by atoms with van der Waals surface area (Å²) >= 11 is 0. The molecule has 0 spiro atoms. The Morgan fingerprint density at radius 3 is 2.59 bits per heavy atom. The van der Waals surface area contributed by atoms with Gasteiger partial charge in [0.2, 0.25) is 0 Å². The first kappa shape index (κ1) is 21.5. The first-order valence-electron chi connectivity index (χ1n) is 9.24. The summed E-state index contributed by atoms with van der Waals surface area (Å²) in [6.07, 6.45) is 5.26. The zero-order valence-corrected chi connectivity index (χ0v) is 17.9. The second-order valence-electron chi connectivity index (χ2n) is 8.15. The van der Waals surface area contributed by atoms with Crippen LogP contribution in [0.4, 0.5) is 10.1 Å². The van der Waals surface area contributed by atoms with Gasteiger partial charge in [0.25, 0.3) is 0 Å². The van der Waals surface area contributed by atoms with Crippen LogP contribution in [0.25, 0.3) is 0 Å². The molecule has 2 rings (SSSR count). The van der Waals surface area contributed by atoms with Crippen LogP contribution in [0.15, 0.2) is 42.4 Å². The fraction of sp³-hybridized carbons (Fsp3) is 0.500. The van der Waals surface area contributed by atoms with E-state index in [0.29, 0.717) is 25.5 Å². The largest absolute Gasteiger partial charge is 0.506 e. The molecule has 0 atom stereocenters. The molecule has 0 radical (unpaired) electrons. The number of nitrogens with one attached hydrogen (secondary N) is 1. The van der Waals surface area contributed by atoms with Crippen LogP contribution in [-0.4, -0.2) is 26.6 Å². The number of allylic oxidation sites excluding steroid dienone is 1. The Hall–Kier alpha value is -1.83. The Morgan fingerprint density at radius 2 is 1.96 bits per heavy atom. The Labute approximate surface area is 162 Å². The number of rotatable bonds is 8. The highest BCUT2D eigenvalue weighted by Gasteiger charge is 2.36. The second kappa shape index (κ2) is 8.90. The van der Waals surface area contributed by atoms with E-state index in [2.05, 4.69) is 39.3 Å². The lowest BCUT2D eigenvalue weighted by molar-refractivity contribution is 0.105. The minimum absolute atomic E-state index is 0.0853. The molecule has 0 aromatic heterocycles. The number of halogens is 1. The molecular formula is C20H31FN2O3Si. The third kappa shape index (κ3) is 5.82. The molecule has 1 aromatic carbocycles. The van der Waals surface area contributed by atoms with Gasteiger partial charge in [-0.05, 0) is 36.7 Å². The van der Waals surface area contributed by atoms with E-state index in [1.165, 1.54) is 23.4 Å². The van der Waals surface area contributed by atoms with Crippen molar-refractivity contribution in [1.29, 1.82) is 0 Å². The maximum absolute atomic E-state index is 14.3. The highest BCUT2D eigenvalue weighted by Crippen LogP contribution is 2.36. The number of hydrogen-bond acceptors (Lipinski definition) is 5. The van der Waals surface area contributed by atoms with E-state index in [9.17, 15) is 9.50 Å². The molecule has 150 valence electrons. The number of nitrogens with zero attached hydrogens (tertiary/aromatic N) is 1. The van der Waals surface area contributed by atoms with Crippen molar-refractivity contribution in [2.75, 3.05) is 18.2 Å². The standard InChI is InChI=1S/C20H31FN2O3Si/c1-20(2,3)27(4,5)26-13-7-12-25-15-16-8-6-9-18(21)19(16)23-11-10-17(24)14-22-23/h6,8-11,14,22,24H,7,12-13,15H2,1-5H3. The van der Waals surface area contributed by atoms with Crippen LogP contribution in [0.5, 0.6) is 0 Å². The summed E-state index contributed by atoms with van der Waals surface area (Å²) in [7, 11) is -1.73. The van der Waals surface area contributed by atoms with Crippen molar-refractivity contribution in [2.24, 2.45) is 0 Å². The smallest absolute Gasteiger partial charge is 0.191 e. The van der Waals surface area contributed by atoms with Gasteiger partial charge in [0.05, 0.1) is 12.8 Å². The predicted molar refractivity (Wildman–Crippen MR) is 109 cm³/mol. The van der Waals surface area contributed by atoms with Gasteiger partial charge in [-0.3, -0.25) is 10.4 Å². The normalized spacial score (nSPS) is 14.9. The van der Waals surface area contributed by atoms with E-state index < -0.39 is 8.32 Å². The van der Waals surface area contributed by atoms with Crippen LogP contribution in [0.3, 0.4) is 0 Å². The van der Waals surface area contributed by atoms with E-state index in [1.54, 1.807) is 12.3 Å². The van der Waals surface area contributed by atoms with E-state index in [1.807, 2.05) is 6.07 Å². The molecular weight excluding hydrogens is 363 g/mol. The molecule has 1 aliphatic rings. The van der Waals surface area contributed by atoms with Gasteiger partial charge in [0.1, 0.15) is 17.3 Å². The van der Waals surface area contributed by atoms with Crippen molar-refractivity contribution in [3.8, 4) is 0 Å². The average Bonchev–Trinajstić information content (AvgIpc) is 2.58. The summed E-state index contributed by atoms with van der Waals surface area (Å²) in [5.74, 6) is -0.272. The van der Waals surface area contributed by atoms with Gasteiger partial charge in [0.15, 0.2) is 8.32 Å². The van der Waals surface area contributed by atoms with Crippen molar-refractivity contribution >= 4 is 14.0 Å². The number of aliphatic hydroxyl groups excluding tert-OH is 1. The number of hydrogen-bond donors (Lipinski definition) is 2. The summed E-state index contributed by atoms with van der Waals surface area (Å²) in [5.41, 5.74) is 3.94. The first-order chi connectivity index (χ1) is 12.6. The zero-order chi connectivity index (χ0) is 20.1. The van der Waals surface area contributed by atoms with Gasteiger partial charge >= 0.3 is 0 Å². The predicted octanol–water partition coefficient (Wildman–Crippen LogP) is 4.99. The van der Waals surface area contributed by atoms with Gasteiger partial charge in [0, 0.05) is 25.0 Å². The van der Waals surface area contributed by atoms with Crippen molar-refractivity contribution in [3.63, 3.8) is 0 Å². The maximum Gasteiger partial charge on any atom is 0.191 e. The number of benzene rings is 1. The monoisotopic (exact) mass is 394 g/mol. The lowest BCUT2D eigenvalue weighted by Crippen LogP contribution is -2.41. The van der Waals surface area contributed by atoms with Gasteiger partial charge < -0.3 is 14.3 Å². The SMILES string of the molecule is CC(C)(C)[Si](C)(C)OCCCOCc1cccc(F)c1N1C=CC(O)=CN1. The summed E-state index contributed by atoms with van der Waals surface area (Å²) in [6, 6.07) is 4.90. The highest BCUT2D eigenvalue weighted by atomic mass is 28.4. The minimum atomic E-state index is -1.73. The third-order valence-corrected chi connectivity index (χ3v) is 9.55. The summed E-state index contributed by atoms with van der Waals surface area (Å²) in [4.78, 5) is 0. The number of anilines is 1. The molecule has 0 amide bonds. The molecule has 1 aromatic rings. The van der Waals surface area contributed by atoms with Crippen LogP contribution < -0.4 is 10.4 Å². The number of aliphatic hydroxyl groups is 1. The number of para-hydroxylation sites is 1. The fourth-order valence-electron chi connectivity index (χ4n) is 2.35. The van der Waals surface area contributed by atoms with Crippen LogP contribution >= 0.6 is 0 Å². The third-order valence-electron chi connectivity index (χ3n) is 5.02. The molecule has 0 aliphatic carbocycles. The van der Waals surface area contributed by atoms with Crippen LogP contribution in [-0.2, 0) is 15.8 Å². The van der Waals surface area contributed by atoms with E-state index in [-0.39, 0.29) is 16.6 Å². The van der Waals surface area contributed by atoms with Crippen molar-refractivity contribution in [1.82, 2.24) is 5.43 Å². The molecule has 2 N–H and O–H groups in total. The quantitative estimate of drug-likeness (QED) is 0.480. The van der Waals surface area contributed by atoms with Gasteiger partial charge in [-0.25, -0.2) is 4.39 Å². The molecule has 0 saturated carbocycles. The van der Waals surface area contributed by atoms with E-state index in [0.717, 1.165) is 12.0 Å². The van der Waals surface area contributed by atoms with Crippen molar-refractivity contribution in [3.05, 3.63) is 53.8 Å². The summed E-state index contributed by atoms with van der Waals surface area (Å²) in [6.45, 7) is 12.7. The lowest BCUT2D eigenvalue weighted by atomic mass is 10.1. The average molecular weight is 395 g/mol. The molecule has 0 bridgehead atoms. The zero-order valence-electron chi connectivity index (χ0n) is 16.9. The Morgan fingerprint density at radius 1 is 1.22 bits per heavy atom. The molecule has 27 heavy (non-hydrogen) atoms. The maximum atomic E-state index is 14.3. The van der Waals surface area contributed by atoms with Gasteiger partial charge in [-0.15, -0.1) is 0 Å². The van der Waals surface area contributed by atoms with Gasteiger partial charge in [-0.1, -0.05) is 32.9 Å². The van der Waals surface area contributed by atoms with Crippen LogP contribution in [0, 0.1) is 5.82 Å². The van der Waals surface area contributed by atoms with Crippen LogP contribution in [0.2, 0.25) is 18.1 Å². The molecule has 7 heteroatoms. The fourth-order valence-corrected chi connectivity index (χ4v) is 3.44. The molecule has 1 aliphatic heterocycles. The summed E-state index contributed by atoms with van der Waals surface area (Å²) in [5, 5.41) is 11.1. The Bertz CT molecular complexity index is 699. The number of hydrazine groups is 1. The first-order valence-corrected chi connectivity index (χ1v) is 12.1. The van der Waals surface area contributed by atoms with E-state index >= 15 is 0 Å². The van der Waals surface area contributed by atoms with Gasteiger partial charge in [-0.2, -0.15) is 0 Å². The molecule has 0 saturated heterocycles. The topological polar surface area (TPSA) is 54.0 Å². The van der Waals surface area contributed by atoms with E-state index in [4.69, 9.17) is 9.16 Å². The Kier molecular flexibility index (Phi) is 7.08.